The predicted octanol–water partition coefficient (Wildman–Crippen LogP) is 23.1. The van der Waals surface area contributed by atoms with Gasteiger partial charge in [0.05, 0.1) is 0 Å². The highest BCUT2D eigenvalue weighted by atomic mass is 14.3. The van der Waals surface area contributed by atoms with E-state index >= 15 is 0 Å². The fourth-order valence-electron chi connectivity index (χ4n) is 11.8. The van der Waals surface area contributed by atoms with Crippen LogP contribution in [0.3, 0.4) is 0 Å². The largest absolute Gasteiger partial charge is 0.0625 e. The molecule has 1 aliphatic carbocycles. The molecular formula is C75H106. The second-order valence-electron chi connectivity index (χ2n) is 25.5. The Bertz CT molecular complexity index is 2740. The van der Waals surface area contributed by atoms with E-state index in [2.05, 4.69) is 279 Å². The molecule has 7 aromatic carbocycles. The Morgan fingerprint density at radius 1 is 0.360 bits per heavy atom. The number of hydrogen-bond donors (Lipinski definition) is 0. The minimum Gasteiger partial charge on any atom is -0.0625 e. The summed E-state index contributed by atoms with van der Waals surface area (Å²) in [6, 6.07) is 49.0. The zero-order valence-corrected chi connectivity index (χ0v) is 51.6. The third-order valence-corrected chi connectivity index (χ3v) is 15.2. The Morgan fingerprint density at radius 3 is 1.31 bits per heavy atom. The molecule has 1 atom stereocenters. The van der Waals surface area contributed by atoms with Gasteiger partial charge in [0.1, 0.15) is 0 Å². The van der Waals surface area contributed by atoms with Gasteiger partial charge in [-0.3, -0.25) is 0 Å². The molecule has 0 spiro atoms. The van der Waals surface area contributed by atoms with Gasteiger partial charge in [0.2, 0.25) is 0 Å². The number of hydrogen-bond acceptors (Lipinski definition) is 0. The lowest BCUT2D eigenvalue weighted by atomic mass is 9.84. The molecule has 406 valence electrons. The Hall–Kier alpha value is -4.94. The first-order chi connectivity index (χ1) is 35.4. The molecule has 0 saturated carbocycles. The van der Waals surface area contributed by atoms with Crippen LogP contribution in [0.2, 0.25) is 0 Å². The third kappa shape index (κ3) is 18.1. The lowest BCUT2D eigenvalue weighted by Crippen LogP contribution is -2.06. The molecule has 0 fully saturated rings. The summed E-state index contributed by atoms with van der Waals surface area (Å²) in [5.41, 5.74) is 18.5. The van der Waals surface area contributed by atoms with Crippen molar-refractivity contribution in [2.24, 2.45) is 23.7 Å². The van der Waals surface area contributed by atoms with Crippen LogP contribution in [0.15, 0.2) is 133 Å². The quantitative estimate of drug-likeness (QED) is 0.108. The van der Waals surface area contributed by atoms with Crippen molar-refractivity contribution < 1.29 is 0 Å². The maximum absolute atomic E-state index is 2.36. The topological polar surface area (TPSA) is 0 Å². The van der Waals surface area contributed by atoms with Crippen LogP contribution in [0.1, 0.15) is 253 Å². The molecule has 0 bridgehead atoms. The molecule has 0 radical (unpaired) electrons. The van der Waals surface area contributed by atoms with Gasteiger partial charge in [0, 0.05) is 0 Å². The molecule has 75 heavy (non-hydrogen) atoms. The van der Waals surface area contributed by atoms with Gasteiger partial charge < -0.3 is 0 Å². The van der Waals surface area contributed by atoms with Crippen molar-refractivity contribution in [1.29, 1.82) is 0 Å². The number of fused-ring (bicyclic) bond motifs is 3. The Kier molecular flexibility index (Phi) is 25.1. The summed E-state index contributed by atoms with van der Waals surface area (Å²) in [5.74, 6) is 7.52. The van der Waals surface area contributed by atoms with Gasteiger partial charge >= 0.3 is 0 Å². The summed E-state index contributed by atoms with van der Waals surface area (Å²) < 4.78 is 0. The van der Waals surface area contributed by atoms with Crippen LogP contribution in [-0.4, -0.2) is 0 Å². The zero-order valence-electron chi connectivity index (χ0n) is 51.6. The molecule has 8 rings (SSSR count). The second-order valence-corrected chi connectivity index (χ2v) is 25.5. The summed E-state index contributed by atoms with van der Waals surface area (Å²) in [5, 5.41) is 5.64. The first-order valence-corrected chi connectivity index (χ1v) is 29.7. The van der Waals surface area contributed by atoms with Crippen molar-refractivity contribution in [2.45, 2.75) is 219 Å². The fraction of sp³-hybridized carbons (Fsp3) is 0.493. The number of rotatable bonds is 13. The minimum absolute atomic E-state index is 0.587. The van der Waals surface area contributed by atoms with E-state index < -0.39 is 0 Å². The molecular weight excluding hydrogens is 901 g/mol. The molecule has 0 saturated heterocycles. The Labute approximate surface area is 462 Å². The van der Waals surface area contributed by atoms with Gasteiger partial charge in [-0.15, -0.1) is 0 Å². The Morgan fingerprint density at radius 2 is 0.787 bits per heavy atom. The van der Waals surface area contributed by atoms with E-state index in [4.69, 9.17) is 0 Å². The van der Waals surface area contributed by atoms with Crippen molar-refractivity contribution in [3.63, 3.8) is 0 Å². The molecule has 0 amide bonds. The molecule has 0 aliphatic heterocycles. The van der Waals surface area contributed by atoms with Crippen LogP contribution in [0.5, 0.6) is 0 Å². The summed E-state index contributed by atoms with van der Waals surface area (Å²) in [6.07, 6.45) is 6.23. The van der Waals surface area contributed by atoms with Crippen LogP contribution in [-0.2, 0) is 25.7 Å². The van der Waals surface area contributed by atoms with E-state index in [1.165, 1.54) is 98.2 Å². The highest BCUT2D eigenvalue weighted by Crippen LogP contribution is 2.42. The summed E-state index contributed by atoms with van der Waals surface area (Å²) in [4.78, 5) is 0. The van der Waals surface area contributed by atoms with Gasteiger partial charge in [0.15, 0.2) is 0 Å². The number of aryl methyl sites for hydroxylation is 2. The third-order valence-electron chi connectivity index (χ3n) is 15.2. The van der Waals surface area contributed by atoms with Gasteiger partial charge in [0.25, 0.3) is 0 Å². The predicted molar refractivity (Wildman–Crippen MR) is 338 cm³/mol. The highest BCUT2D eigenvalue weighted by Gasteiger charge is 2.28. The van der Waals surface area contributed by atoms with Crippen LogP contribution >= 0.6 is 0 Å². The van der Waals surface area contributed by atoms with E-state index in [0.717, 1.165) is 23.7 Å². The standard InChI is InChI=1S/C17H22.C16H20.C15H22.C14H22.C13H20/c1-12(2)11-15-10-9-14-7-5-6-8-16(14)17(15)13(3)4;1-11(2)14-9-5-7-13-8-6-10-15(12(3)4)16(13)14;1-10(2)13-7-5-6-12-8-9-14(11(3)4)15(12)13;1-10(2)9-13-8-6-7-12(5)14(13)11(3)4;1-10(2)9-12-7-5-6-8-13(12)11(3)4/h5-10,12-13H,11H2,1-4H3;5-12H,1-4H3;5-7,10-11,14H,8-9H2,1-4H3;6-8,10-11H,9H2,1-5H3;5-8,10-11H,9H2,1-4H3. The van der Waals surface area contributed by atoms with Gasteiger partial charge in [-0.25, -0.2) is 0 Å². The maximum atomic E-state index is 2.36. The van der Waals surface area contributed by atoms with Crippen molar-refractivity contribution in [3.05, 3.63) is 200 Å². The van der Waals surface area contributed by atoms with Crippen molar-refractivity contribution >= 4 is 21.5 Å². The molecule has 0 N–H and O–H groups in total. The molecule has 1 aliphatic rings. The van der Waals surface area contributed by atoms with E-state index in [0.29, 0.717) is 41.4 Å². The molecule has 1 unspecified atom stereocenters. The number of benzene rings is 7. The van der Waals surface area contributed by atoms with E-state index in [-0.39, 0.29) is 0 Å². The van der Waals surface area contributed by atoms with Crippen molar-refractivity contribution in [2.75, 3.05) is 0 Å². The zero-order chi connectivity index (χ0) is 55.7. The molecule has 0 nitrogen and oxygen atoms in total. The van der Waals surface area contributed by atoms with Gasteiger partial charge in [-0.05, 0) is 192 Å². The normalized spacial score (nSPS) is 13.2. The van der Waals surface area contributed by atoms with Gasteiger partial charge in [-0.2, -0.15) is 0 Å². The SMILES string of the molecule is CC(C)Cc1ccc2ccccc2c1C(C)C.CC(C)Cc1ccccc1C(C)C.CC(C)c1cccc2c1C(C(C)C)CC2.CC(C)c1cccc2cccc(C(C)C)c12.Cc1cccc(CC(C)C)c1C(C)C. The Balaban J connectivity index is 0.000000203. The average Bonchev–Trinajstić information content (AvgIpc) is 3.79. The van der Waals surface area contributed by atoms with Crippen molar-refractivity contribution in [1.82, 2.24) is 0 Å². The average molecular weight is 1010 g/mol. The molecule has 0 aromatic heterocycles. The van der Waals surface area contributed by atoms with E-state index in [1.54, 1.807) is 22.3 Å². The summed E-state index contributed by atoms with van der Waals surface area (Å²) in [6.45, 7) is 48.0. The first kappa shape index (κ1) is 62.6. The van der Waals surface area contributed by atoms with Gasteiger partial charge in [-0.1, -0.05) is 272 Å². The lowest BCUT2D eigenvalue weighted by Gasteiger charge is -2.21. The van der Waals surface area contributed by atoms with Crippen LogP contribution in [0.4, 0.5) is 0 Å². The lowest BCUT2D eigenvalue weighted by molar-refractivity contribution is 0.492. The minimum atomic E-state index is 0.587. The molecule has 0 heteroatoms. The first-order valence-electron chi connectivity index (χ1n) is 29.7. The maximum Gasteiger partial charge on any atom is -0.0115 e. The smallest absolute Gasteiger partial charge is 0.0115 e. The fourth-order valence-corrected chi connectivity index (χ4v) is 11.8. The monoisotopic (exact) mass is 1010 g/mol. The molecule has 7 aromatic rings. The summed E-state index contributed by atoms with van der Waals surface area (Å²) >= 11 is 0. The van der Waals surface area contributed by atoms with Crippen LogP contribution in [0, 0.1) is 30.6 Å². The van der Waals surface area contributed by atoms with Crippen LogP contribution in [0.25, 0.3) is 21.5 Å². The highest BCUT2D eigenvalue weighted by molar-refractivity contribution is 5.90. The van der Waals surface area contributed by atoms with E-state index in [1.807, 2.05) is 0 Å². The van der Waals surface area contributed by atoms with E-state index in [9.17, 15) is 0 Å². The summed E-state index contributed by atoms with van der Waals surface area (Å²) in [7, 11) is 0. The second kappa shape index (κ2) is 30.1. The molecule has 0 heterocycles. The van der Waals surface area contributed by atoms with Crippen molar-refractivity contribution in [3.8, 4) is 0 Å². The van der Waals surface area contributed by atoms with Crippen LogP contribution < -0.4 is 0 Å².